The van der Waals surface area contributed by atoms with Gasteiger partial charge in [0.1, 0.15) is 5.82 Å². The number of aliphatic hydroxyl groups excluding tert-OH is 1. The molecule has 7 nitrogen and oxygen atoms in total. The smallest absolute Gasteiger partial charge is 0.274 e. The Morgan fingerprint density at radius 2 is 2.32 bits per heavy atom. The van der Waals surface area contributed by atoms with Crippen LogP contribution in [0.15, 0.2) is 29.9 Å². The monoisotopic (exact) mass is 401 g/mol. The zero-order valence-electron chi connectivity index (χ0n) is 15.3. The number of likely N-dealkylation sites (tertiary alicyclic amines) is 1. The van der Waals surface area contributed by atoms with E-state index in [0.29, 0.717) is 35.8 Å². The van der Waals surface area contributed by atoms with E-state index in [1.165, 1.54) is 17.4 Å². The molecule has 146 valence electrons. The number of aliphatic hydroxyl groups is 1. The Bertz CT molecular complexity index is 1010. The first-order valence-corrected chi connectivity index (χ1v) is 9.95. The highest BCUT2D eigenvalue weighted by Gasteiger charge is 2.29. The lowest BCUT2D eigenvalue weighted by atomic mass is 10.1. The number of nitrogens with one attached hydrogen (secondary N) is 1. The first-order valence-electron chi connectivity index (χ1n) is 9.07. The molecule has 1 fully saturated rings. The lowest BCUT2D eigenvalue weighted by molar-refractivity contribution is 0.0778. The fraction of sp³-hybridized carbons (Fsp3) is 0.368. The molecule has 0 radical (unpaired) electrons. The molecular weight excluding hydrogens is 381 g/mol. The number of anilines is 1. The van der Waals surface area contributed by atoms with E-state index in [2.05, 4.69) is 20.3 Å². The van der Waals surface area contributed by atoms with Gasteiger partial charge in [-0.25, -0.2) is 14.4 Å². The summed E-state index contributed by atoms with van der Waals surface area (Å²) in [7, 11) is 0. The summed E-state index contributed by atoms with van der Waals surface area (Å²) in [6.45, 7) is 3.06. The summed E-state index contributed by atoms with van der Waals surface area (Å²) in [5.41, 5.74) is 1.70. The quantitative estimate of drug-likeness (QED) is 0.683. The minimum absolute atomic E-state index is 0.0773. The Hall–Kier alpha value is -2.65. The molecule has 1 saturated heterocycles. The van der Waals surface area contributed by atoms with Crippen LogP contribution in [0.25, 0.3) is 10.2 Å². The Morgan fingerprint density at radius 3 is 3.07 bits per heavy atom. The van der Waals surface area contributed by atoms with Crippen molar-refractivity contribution in [3.05, 3.63) is 47.0 Å². The lowest BCUT2D eigenvalue weighted by Crippen LogP contribution is -2.30. The van der Waals surface area contributed by atoms with Gasteiger partial charge in [0.05, 0.1) is 22.5 Å². The number of fused-ring (bicyclic) bond motifs is 1. The number of nitrogens with zero attached hydrogens (tertiary/aromatic N) is 4. The van der Waals surface area contributed by atoms with Crippen molar-refractivity contribution in [3.8, 4) is 0 Å². The van der Waals surface area contributed by atoms with Gasteiger partial charge in [0.25, 0.3) is 5.91 Å². The highest BCUT2D eigenvalue weighted by Crippen LogP contribution is 2.28. The standard InChI is InChI=1S/C19H20FN5O2S/c1-11(13-6-14(20)8-21-7-13)22-19-23-15-3-5-28-17(15)16(24-19)18(27)25-4-2-12(9-25)10-26/h3,5-8,11-12,26H,2,4,9-10H2,1H3,(H,22,23,24)/t11?,12-/m1/s1. The predicted molar refractivity (Wildman–Crippen MR) is 105 cm³/mol. The van der Waals surface area contributed by atoms with Gasteiger partial charge < -0.3 is 15.3 Å². The molecule has 4 rings (SSSR count). The van der Waals surface area contributed by atoms with Gasteiger partial charge >= 0.3 is 0 Å². The molecule has 0 aliphatic carbocycles. The van der Waals surface area contributed by atoms with Gasteiger partial charge in [0.2, 0.25) is 5.95 Å². The SMILES string of the molecule is CC(Nc1nc(C(=O)N2CC[C@@H](CO)C2)c2sccc2n1)c1cncc(F)c1. The number of halogens is 1. The van der Waals surface area contributed by atoms with Crippen molar-refractivity contribution >= 4 is 33.4 Å². The number of rotatable bonds is 5. The van der Waals surface area contributed by atoms with Gasteiger partial charge in [0, 0.05) is 31.8 Å². The maximum Gasteiger partial charge on any atom is 0.274 e. The molecule has 0 aromatic carbocycles. The summed E-state index contributed by atoms with van der Waals surface area (Å²) in [6.07, 6.45) is 3.52. The molecule has 9 heteroatoms. The van der Waals surface area contributed by atoms with E-state index in [9.17, 15) is 14.3 Å². The largest absolute Gasteiger partial charge is 0.396 e. The number of carbonyl (C=O) groups is 1. The first-order chi connectivity index (χ1) is 13.5. The maximum absolute atomic E-state index is 13.4. The second-order valence-corrected chi connectivity index (χ2v) is 7.84. The fourth-order valence-corrected chi connectivity index (χ4v) is 4.14. The van der Waals surface area contributed by atoms with Crippen molar-refractivity contribution in [1.29, 1.82) is 0 Å². The third kappa shape index (κ3) is 3.67. The van der Waals surface area contributed by atoms with Crippen LogP contribution in [-0.4, -0.2) is 50.6 Å². The van der Waals surface area contributed by atoms with E-state index in [4.69, 9.17) is 0 Å². The van der Waals surface area contributed by atoms with E-state index in [1.54, 1.807) is 11.1 Å². The van der Waals surface area contributed by atoms with E-state index in [1.807, 2.05) is 18.4 Å². The average Bonchev–Trinajstić information content (AvgIpc) is 3.36. The zero-order chi connectivity index (χ0) is 19.7. The summed E-state index contributed by atoms with van der Waals surface area (Å²) in [5, 5.41) is 14.4. The molecule has 1 unspecified atom stereocenters. The second-order valence-electron chi connectivity index (χ2n) is 6.92. The topological polar surface area (TPSA) is 91.2 Å². The minimum atomic E-state index is -0.413. The Morgan fingerprint density at radius 1 is 1.46 bits per heavy atom. The normalized spacial score (nSPS) is 17.8. The van der Waals surface area contributed by atoms with Crippen LogP contribution in [-0.2, 0) is 0 Å². The van der Waals surface area contributed by atoms with Crippen LogP contribution in [0.4, 0.5) is 10.3 Å². The number of aromatic nitrogens is 3. The summed E-state index contributed by atoms with van der Waals surface area (Å²) < 4.78 is 14.2. The highest BCUT2D eigenvalue weighted by molar-refractivity contribution is 7.17. The van der Waals surface area contributed by atoms with E-state index in [-0.39, 0.29) is 24.5 Å². The highest BCUT2D eigenvalue weighted by atomic mass is 32.1. The minimum Gasteiger partial charge on any atom is -0.396 e. The summed E-state index contributed by atoms with van der Waals surface area (Å²) in [5.74, 6) is -0.149. The molecule has 0 bridgehead atoms. The summed E-state index contributed by atoms with van der Waals surface area (Å²) in [6, 6.07) is 2.96. The molecule has 4 heterocycles. The summed E-state index contributed by atoms with van der Waals surface area (Å²) in [4.78, 5) is 27.6. The van der Waals surface area contributed by atoms with Crippen LogP contribution in [0.1, 0.15) is 35.4 Å². The Labute approximate surface area is 165 Å². The Kier molecular flexibility index (Phi) is 5.19. The van der Waals surface area contributed by atoms with Crippen molar-refractivity contribution in [1.82, 2.24) is 19.9 Å². The van der Waals surface area contributed by atoms with Crippen LogP contribution < -0.4 is 5.32 Å². The number of pyridine rings is 1. The molecule has 1 aliphatic heterocycles. The molecule has 0 spiro atoms. The van der Waals surface area contributed by atoms with Crippen molar-refractivity contribution in [2.75, 3.05) is 25.0 Å². The second kappa shape index (κ2) is 7.76. The van der Waals surface area contributed by atoms with E-state index < -0.39 is 5.82 Å². The van der Waals surface area contributed by atoms with Crippen LogP contribution in [0.2, 0.25) is 0 Å². The van der Waals surface area contributed by atoms with Gasteiger partial charge in [-0.2, -0.15) is 0 Å². The molecule has 1 aliphatic rings. The number of carbonyl (C=O) groups excluding carboxylic acids is 1. The average molecular weight is 401 g/mol. The number of hydrogen-bond donors (Lipinski definition) is 2. The Balaban J connectivity index is 1.63. The molecule has 0 saturated carbocycles. The maximum atomic E-state index is 13.4. The molecule has 2 atom stereocenters. The van der Waals surface area contributed by atoms with Crippen LogP contribution in [0.3, 0.4) is 0 Å². The molecule has 2 N–H and O–H groups in total. The van der Waals surface area contributed by atoms with Gasteiger partial charge in [-0.15, -0.1) is 11.3 Å². The van der Waals surface area contributed by atoms with Gasteiger partial charge in [-0.05, 0) is 36.4 Å². The van der Waals surface area contributed by atoms with E-state index >= 15 is 0 Å². The zero-order valence-corrected chi connectivity index (χ0v) is 16.1. The molecular formula is C19H20FN5O2S. The van der Waals surface area contributed by atoms with Crippen LogP contribution in [0.5, 0.6) is 0 Å². The first kappa shape index (κ1) is 18.7. The van der Waals surface area contributed by atoms with Crippen molar-refractivity contribution in [2.24, 2.45) is 5.92 Å². The number of amides is 1. The molecule has 3 aromatic rings. The fourth-order valence-electron chi connectivity index (χ4n) is 3.33. The van der Waals surface area contributed by atoms with Crippen LogP contribution in [0, 0.1) is 11.7 Å². The van der Waals surface area contributed by atoms with Crippen molar-refractivity contribution in [3.63, 3.8) is 0 Å². The molecule has 28 heavy (non-hydrogen) atoms. The van der Waals surface area contributed by atoms with E-state index in [0.717, 1.165) is 17.3 Å². The van der Waals surface area contributed by atoms with Gasteiger partial charge in [-0.1, -0.05) is 0 Å². The molecule has 3 aromatic heterocycles. The third-order valence-corrected chi connectivity index (χ3v) is 5.82. The summed E-state index contributed by atoms with van der Waals surface area (Å²) >= 11 is 1.42. The van der Waals surface area contributed by atoms with Crippen molar-refractivity contribution in [2.45, 2.75) is 19.4 Å². The van der Waals surface area contributed by atoms with Gasteiger partial charge in [0.15, 0.2) is 5.69 Å². The lowest BCUT2D eigenvalue weighted by Gasteiger charge is -2.18. The van der Waals surface area contributed by atoms with Crippen LogP contribution >= 0.6 is 11.3 Å². The van der Waals surface area contributed by atoms with Crippen molar-refractivity contribution < 1.29 is 14.3 Å². The number of hydrogen-bond acceptors (Lipinski definition) is 7. The third-order valence-electron chi connectivity index (χ3n) is 4.91. The molecule has 1 amide bonds. The van der Waals surface area contributed by atoms with Gasteiger partial charge in [-0.3, -0.25) is 9.78 Å². The predicted octanol–water partition coefficient (Wildman–Crippen LogP) is 2.85. The number of thiophene rings is 1.